The molecular weight excluding hydrogens is 372 g/mol. The second kappa shape index (κ2) is 10.3. The summed E-state index contributed by atoms with van der Waals surface area (Å²) in [6.45, 7) is 8.00. The molecule has 1 fully saturated rings. The van der Waals surface area contributed by atoms with Crippen LogP contribution in [0.15, 0.2) is 30.3 Å². The number of unbranched alkanes of at least 4 members (excludes halogenated alkanes) is 1. The maximum Gasteiger partial charge on any atom is 0.417 e. The minimum absolute atomic E-state index is 0.00982. The number of rotatable bonds is 7. The van der Waals surface area contributed by atoms with Crippen molar-refractivity contribution in [3.05, 3.63) is 35.9 Å². The van der Waals surface area contributed by atoms with Crippen LogP contribution in [0.4, 0.5) is 9.59 Å². The molecule has 29 heavy (non-hydrogen) atoms. The molecule has 0 saturated carbocycles. The number of nitrogens with one attached hydrogen (secondary N) is 1. The molecule has 7 heteroatoms. The molecule has 0 aromatic heterocycles. The molecule has 1 aliphatic rings. The highest BCUT2D eigenvalue weighted by molar-refractivity contribution is 5.95. The van der Waals surface area contributed by atoms with Gasteiger partial charge in [-0.2, -0.15) is 0 Å². The number of alkyl carbamates (subject to hydrolysis) is 1. The second-order valence-electron chi connectivity index (χ2n) is 8.38. The summed E-state index contributed by atoms with van der Waals surface area (Å²) in [6, 6.07) is 9.37. The minimum atomic E-state index is -0.673. The summed E-state index contributed by atoms with van der Waals surface area (Å²) in [5.74, 6) is -0.772. The molecule has 0 bridgehead atoms. The van der Waals surface area contributed by atoms with Crippen molar-refractivity contribution in [2.45, 2.75) is 59.2 Å². The van der Waals surface area contributed by atoms with E-state index in [2.05, 4.69) is 12.2 Å². The largest absolute Gasteiger partial charge is 0.445 e. The Balaban J connectivity index is 1.93. The van der Waals surface area contributed by atoms with Gasteiger partial charge >= 0.3 is 12.2 Å². The van der Waals surface area contributed by atoms with Gasteiger partial charge in [0, 0.05) is 13.1 Å². The van der Waals surface area contributed by atoms with Crippen LogP contribution in [0.2, 0.25) is 0 Å². The summed E-state index contributed by atoms with van der Waals surface area (Å²) in [5.41, 5.74) is 0.213. The molecule has 1 N–H and O–H groups in total. The molecule has 1 heterocycles. The van der Waals surface area contributed by atoms with E-state index < -0.39 is 23.7 Å². The van der Waals surface area contributed by atoms with Crippen LogP contribution in [0.25, 0.3) is 0 Å². The number of hydrogen-bond donors (Lipinski definition) is 1. The maximum absolute atomic E-state index is 12.8. The molecule has 1 saturated heterocycles. The van der Waals surface area contributed by atoms with Gasteiger partial charge in [0.1, 0.15) is 12.2 Å². The first-order valence-corrected chi connectivity index (χ1v) is 10.2. The molecule has 0 spiro atoms. The third kappa shape index (κ3) is 7.07. The molecular formula is C22H32N2O5. The van der Waals surface area contributed by atoms with Gasteiger partial charge in [0.25, 0.3) is 0 Å². The van der Waals surface area contributed by atoms with E-state index >= 15 is 0 Å². The van der Waals surface area contributed by atoms with Crippen LogP contribution in [-0.4, -0.2) is 41.7 Å². The highest BCUT2D eigenvalue weighted by atomic mass is 16.6. The van der Waals surface area contributed by atoms with Gasteiger partial charge in [0.05, 0.1) is 5.92 Å². The van der Waals surface area contributed by atoms with Gasteiger partial charge in [-0.3, -0.25) is 4.79 Å². The summed E-state index contributed by atoms with van der Waals surface area (Å²) in [5, 5.41) is 2.68. The number of benzene rings is 1. The van der Waals surface area contributed by atoms with Gasteiger partial charge in [0.2, 0.25) is 5.91 Å². The first kappa shape index (κ1) is 22.7. The van der Waals surface area contributed by atoms with E-state index in [-0.39, 0.29) is 25.0 Å². The fourth-order valence-electron chi connectivity index (χ4n) is 3.32. The van der Waals surface area contributed by atoms with Crippen molar-refractivity contribution in [3.8, 4) is 0 Å². The highest BCUT2D eigenvalue weighted by Gasteiger charge is 2.44. The van der Waals surface area contributed by atoms with Crippen LogP contribution in [0, 0.1) is 11.8 Å². The fourth-order valence-corrected chi connectivity index (χ4v) is 3.32. The number of ether oxygens (including phenoxy) is 2. The Morgan fingerprint density at radius 2 is 1.90 bits per heavy atom. The molecule has 160 valence electrons. The minimum Gasteiger partial charge on any atom is -0.445 e. The normalized spacial score (nSPS) is 19.2. The Kier molecular flexibility index (Phi) is 8.05. The van der Waals surface area contributed by atoms with Crippen molar-refractivity contribution >= 4 is 18.1 Å². The monoisotopic (exact) mass is 404 g/mol. The molecule has 2 atom stereocenters. The lowest BCUT2D eigenvalue weighted by Gasteiger charge is -2.23. The van der Waals surface area contributed by atoms with Crippen LogP contribution >= 0.6 is 0 Å². The molecule has 0 aliphatic carbocycles. The predicted octanol–water partition coefficient (Wildman–Crippen LogP) is 4.11. The van der Waals surface area contributed by atoms with Crippen molar-refractivity contribution in [2.24, 2.45) is 11.8 Å². The van der Waals surface area contributed by atoms with Crippen LogP contribution in [0.1, 0.15) is 52.5 Å². The third-order valence-corrected chi connectivity index (χ3v) is 4.79. The number of carbonyl (C=O) groups is 3. The fraction of sp³-hybridized carbons (Fsp3) is 0.591. The van der Waals surface area contributed by atoms with Crippen molar-refractivity contribution in [3.63, 3.8) is 0 Å². The van der Waals surface area contributed by atoms with Gasteiger partial charge in [-0.15, -0.1) is 0 Å². The number of imide groups is 1. The predicted molar refractivity (Wildman–Crippen MR) is 109 cm³/mol. The average Bonchev–Trinajstić information content (AvgIpc) is 2.98. The van der Waals surface area contributed by atoms with E-state index in [0.717, 1.165) is 24.8 Å². The van der Waals surface area contributed by atoms with E-state index in [1.54, 1.807) is 20.8 Å². The lowest BCUT2D eigenvalue weighted by atomic mass is 9.90. The SMILES string of the molecule is CCCCC1CN(C(=O)OC(C)(C)C)C(=O)C1CNC(=O)OCc1ccccc1. The third-order valence-electron chi connectivity index (χ3n) is 4.79. The first-order valence-electron chi connectivity index (χ1n) is 10.2. The molecule has 1 aromatic rings. The van der Waals surface area contributed by atoms with Crippen molar-refractivity contribution < 1.29 is 23.9 Å². The smallest absolute Gasteiger partial charge is 0.417 e. The summed E-state index contributed by atoms with van der Waals surface area (Å²) in [7, 11) is 0. The van der Waals surface area contributed by atoms with Crippen LogP contribution in [-0.2, 0) is 20.9 Å². The van der Waals surface area contributed by atoms with Crippen molar-refractivity contribution in [1.29, 1.82) is 0 Å². The maximum atomic E-state index is 12.8. The summed E-state index contributed by atoms with van der Waals surface area (Å²) in [4.78, 5) is 38.5. The Hall–Kier alpha value is -2.57. The quantitative estimate of drug-likeness (QED) is 0.739. The zero-order valence-electron chi connectivity index (χ0n) is 17.8. The highest BCUT2D eigenvalue weighted by Crippen LogP contribution is 2.30. The van der Waals surface area contributed by atoms with Gasteiger partial charge in [-0.25, -0.2) is 14.5 Å². The molecule has 3 amide bonds. The van der Waals surface area contributed by atoms with E-state index in [1.807, 2.05) is 30.3 Å². The molecule has 2 rings (SSSR count). The Morgan fingerprint density at radius 1 is 1.21 bits per heavy atom. The summed E-state index contributed by atoms with van der Waals surface area (Å²) >= 11 is 0. The van der Waals surface area contributed by atoms with Crippen LogP contribution in [0.3, 0.4) is 0 Å². The Bertz CT molecular complexity index is 699. The zero-order valence-corrected chi connectivity index (χ0v) is 17.8. The lowest BCUT2D eigenvalue weighted by Crippen LogP contribution is -2.40. The summed E-state index contributed by atoms with van der Waals surface area (Å²) < 4.78 is 10.6. The summed E-state index contributed by atoms with van der Waals surface area (Å²) in [6.07, 6.45) is 1.56. The number of likely N-dealkylation sites (tertiary alicyclic amines) is 1. The number of carbonyl (C=O) groups excluding carboxylic acids is 3. The topological polar surface area (TPSA) is 84.9 Å². The van der Waals surface area contributed by atoms with Gasteiger partial charge < -0.3 is 14.8 Å². The second-order valence-corrected chi connectivity index (χ2v) is 8.38. The van der Waals surface area contributed by atoms with E-state index in [0.29, 0.717) is 6.54 Å². The molecule has 0 radical (unpaired) electrons. The van der Waals surface area contributed by atoms with E-state index in [4.69, 9.17) is 9.47 Å². The standard InChI is InChI=1S/C22H32N2O5/c1-5-6-12-17-14-24(21(27)29-22(2,3)4)19(25)18(17)13-23-20(26)28-15-16-10-8-7-9-11-16/h7-11,17-18H,5-6,12-15H2,1-4H3,(H,23,26). The number of amides is 3. The van der Waals surface area contributed by atoms with Gasteiger partial charge in [0.15, 0.2) is 0 Å². The molecule has 2 unspecified atom stereocenters. The number of nitrogens with zero attached hydrogens (tertiary/aromatic N) is 1. The van der Waals surface area contributed by atoms with E-state index in [9.17, 15) is 14.4 Å². The molecule has 1 aromatic carbocycles. The van der Waals surface area contributed by atoms with Crippen LogP contribution < -0.4 is 5.32 Å². The van der Waals surface area contributed by atoms with Crippen molar-refractivity contribution in [2.75, 3.05) is 13.1 Å². The van der Waals surface area contributed by atoms with Crippen LogP contribution in [0.5, 0.6) is 0 Å². The number of hydrogen-bond acceptors (Lipinski definition) is 5. The average molecular weight is 405 g/mol. The first-order chi connectivity index (χ1) is 13.7. The molecule has 7 nitrogen and oxygen atoms in total. The Morgan fingerprint density at radius 3 is 2.52 bits per heavy atom. The van der Waals surface area contributed by atoms with E-state index in [1.165, 1.54) is 4.90 Å². The van der Waals surface area contributed by atoms with Crippen molar-refractivity contribution in [1.82, 2.24) is 10.2 Å². The molecule has 1 aliphatic heterocycles. The zero-order chi connectivity index (χ0) is 21.4. The Labute approximate surface area is 172 Å². The van der Waals surface area contributed by atoms with Gasteiger partial charge in [-0.05, 0) is 38.7 Å². The van der Waals surface area contributed by atoms with Gasteiger partial charge in [-0.1, -0.05) is 50.1 Å². The lowest BCUT2D eigenvalue weighted by molar-refractivity contribution is -0.130.